The fourth-order valence-electron chi connectivity index (χ4n) is 2.27. The summed E-state index contributed by atoms with van der Waals surface area (Å²) in [6.45, 7) is 2.47. The van der Waals surface area contributed by atoms with Crippen molar-refractivity contribution in [3.8, 4) is 11.4 Å². The van der Waals surface area contributed by atoms with Gasteiger partial charge < -0.3 is 9.84 Å². The van der Waals surface area contributed by atoms with Gasteiger partial charge in [0.2, 0.25) is 17.6 Å². The molecule has 2 heterocycles. The fourth-order valence-corrected chi connectivity index (χ4v) is 2.27. The molecule has 0 aliphatic carbocycles. The Labute approximate surface area is 136 Å². The Balaban J connectivity index is 1.66. The van der Waals surface area contributed by atoms with E-state index in [1.165, 1.54) is 25.7 Å². The van der Waals surface area contributed by atoms with Crippen molar-refractivity contribution in [1.29, 1.82) is 0 Å². The summed E-state index contributed by atoms with van der Waals surface area (Å²) in [5.74, 6) is 0.949. The van der Waals surface area contributed by atoms with Crippen molar-refractivity contribution in [2.24, 2.45) is 0 Å². The fraction of sp³-hybridized carbons (Fsp3) is 0.529. The lowest BCUT2D eigenvalue weighted by Crippen LogP contribution is -2.22. The molecule has 0 bridgehead atoms. The Kier molecular flexibility index (Phi) is 7.23. The molecule has 0 atom stereocenters. The minimum Gasteiger partial charge on any atom is -0.347 e. The molecule has 0 saturated heterocycles. The van der Waals surface area contributed by atoms with Crippen LogP contribution in [-0.2, 0) is 11.3 Å². The van der Waals surface area contributed by atoms with Gasteiger partial charge in [0.15, 0.2) is 0 Å². The van der Waals surface area contributed by atoms with Gasteiger partial charge in [0.1, 0.15) is 0 Å². The zero-order chi connectivity index (χ0) is 16.3. The second kappa shape index (κ2) is 9.71. The van der Waals surface area contributed by atoms with Crippen LogP contribution in [0.3, 0.4) is 0 Å². The smallest absolute Gasteiger partial charge is 0.246 e. The van der Waals surface area contributed by atoms with Crippen molar-refractivity contribution in [3.63, 3.8) is 0 Å². The topological polar surface area (TPSA) is 80.9 Å². The quantitative estimate of drug-likeness (QED) is 0.678. The second-order valence-corrected chi connectivity index (χ2v) is 5.54. The number of pyridine rings is 1. The van der Waals surface area contributed by atoms with Crippen LogP contribution < -0.4 is 5.32 Å². The number of hydrogen-bond donors (Lipinski definition) is 1. The highest BCUT2D eigenvalue weighted by Crippen LogP contribution is 2.13. The van der Waals surface area contributed by atoms with Gasteiger partial charge in [-0.1, -0.05) is 44.2 Å². The molecule has 1 amide bonds. The maximum absolute atomic E-state index is 11.8. The number of amides is 1. The predicted octanol–water partition coefficient (Wildman–Crippen LogP) is 3.50. The van der Waals surface area contributed by atoms with Crippen molar-refractivity contribution >= 4 is 5.91 Å². The summed E-state index contributed by atoms with van der Waals surface area (Å²) in [4.78, 5) is 20.0. The van der Waals surface area contributed by atoms with Gasteiger partial charge in [0, 0.05) is 24.4 Å². The average molecular weight is 316 g/mol. The lowest BCUT2D eigenvalue weighted by molar-refractivity contribution is -0.121. The molecule has 0 radical (unpaired) electrons. The zero-order valence-electron chi connectivity index (χ0n) is 13.6. The summed E-state index contributed by atoms with van der Waals surface area (Å²) < 4.78 is 5.14. The molecule has 2 aromatic rings. The molecule has 6 heteroatoms. The van der Waals surface area contributed by atoms with Gasteiger partial charge in [-0.05, 0) is 18.6 Å². The van der Waals surface area contributed by atoms with E-state index in [-0.39, 0.29) is 12.5 Å². The van der Waals surface area contributed by atoms with Crippen LogP contribution in [0.5, 0.6) is 0 Å². The lowest BCUT2D eigenvalue weighted by atomic mass is 10.1. The van der Waals surface area contributed by atoms with Crippen LogP contribution in [0.25, 0.3) is 11.4 Å². The Hall–Kier alpha value is -2.24. The molecule has 23 heavy (non-hydrogen) atoms. The summed E-state index contributed by atoms with van der Waals surface area (Å²) >= 11 is 0. The third-order valence-corrected chi connectivity index (χ3v) is 3.60. The first-order chi connectivity index (χ1) is 11.3. The van der Waals surface area contributed by atoms with Crippen LogP contribution in [0.1, 0.15) is 57.8 Å². The normalized spacial score (nSPS) is 10.7. The van der Waals surface area contributed by atoms with Crippen molar-refractivity contribution in [2.45, 2.75) is 58.4 Å². The Morgan fingerprint density at radius 1 is 1.13 bits per heavy atom. The van der Waals surface area contributed by atoms with E-state index in [0.29, 0.717) is 18.1 Å². The molecular formula is C17H24N4O2. The van der Waals surface area contributed by atoms with Crippen LogP contribution in [0.2, 0.25) is 0 Å². The maximum Gasteiger partial charge on any atom is 0.246 e. The van der Waals surface area contributed by atoms with Gasteiger partial charge in [-0.15, -0.1) is 0 Å². The molecule has 0 fully saturated rings. The highest BCUT2D eigenvalue weighted by molar-refractivity contribution is 5.75. The standard InChI is InChI=1S/C17H24N4O2/c1-2-3-4-5-6-7-8-15(22)19-13-16-20-17(21-23-16)14-9-11-18-12-10-14/h9-12H,2-8,13H2,1H3,(H,19,22). The van der Waals surface area contributed by atoms with Gasteiger partial charge in [-0.2, -0.15) is 4.98 Å². The highest BCUT2D eigenvalue weighted by atomic mass is 16.5. The molecule has 0 aromatic carbocycles. The Morgan fingerprint density at radius 2 is 1.87 bits per heavy atom. The first-order valence-electron chi connectivity index (χ1n) is 8.29. The van der Waals surface area contributed by atoms with E-state index >= 15 is 0 Å². The molecule has 124 valence electrons. The monoisotopic (exact) mass is 316 g/mol. The molecule has 1 N–H and O–H groups in total. The highest BCUT2D eigenvalue weighted by Gasteiger charge is 2.09. The van der Waals surface area contributed by atoms with E-state index in [1.54, 1.807) is 12.4 Å². The maximum atomic E-state index is 11.8. The molecule has 0 spiro atoms. The van der Waals surface area contributed by atoms with E-state index in [4.69, 9.17) is 4.52 Å². The van der Waals surface area contributed by atoms with Gasteiger partial charge in [-0.3, -0.25) is 9.78 Å². The third kappa shape index (κ3) is 6.18. The van der Waals surface area contributed by atoms with E-state index in [9.17, 15) is 4.79 Å². The number of carbonyl (C=O) groups excluding carboxylic acids is 1. The Bertz CT molecular complexity index is 583. The molecule has 0 unspecified atom stereocenters. The number of nitrogens with one attached hydrogen (secondary N) is 1. The molecule has 0 aliphatic heterocycles. The summed E-state index contributed by atoms with van der Waals surface area (Å²) in [7, 11) is 0. The van der Waals surface area contributed by atoms with Crippen molar-refractivity contribution in [2.75, 3.05) is 0 Å². The SMILES string of the molecule is CCCCCCCCC(=O)NCc1nc(-c2ccncc2)no1. The number of nitrogens with zero attached hydrogens (tertiary/aromatic N) is 3. The number of aromatic nitrogens is 3. The third-order valence-electron chi connectivity index (χ3n) is 3.60. The van der Waals surface area contributed by atoms with E-state index in [1.807, 2.05) is 12.1 Å². The molecule has 2 aromatic heterocycles. The van der Waals surface area contributed by atoms with Gasteiger partial charge in [0.25, 0.3) is 0 Å². The van der Waals surface area contributed by atoms with E-state index < -0.39 is 0 Å². The van der Waals surface area contributed by atoms with Gasteiger partial charge in [-0.25, -0.2) is 0 Å². The van der Waals surface area contributed by atoms with Crippen LogP contribution >= 0.6 is 0 Å². The molecule has 2 rings (SSSR count). The molecule has 0 saturated carbocycles. The van der Waals surface area contributed by atoms with Gasteiger partial charge in [0.05, 0.1) is 6.54 Å². The minimum atomic E-state index is 0.0316. The van der Waals surface area contributed by atoms with Crippen molar-refractivity contribution in [3.05, 3.63) is 30.4 Å². The molecular weight excluding hydrogens is 292 g/mol. The first-order valence-corrected chi connectivity index (χ1v) is 8.29. The summed E-state index contributed by atoms with van der Waals surface area (Å²) in [5, 5.41) is 6.72. The minimum absolute atomic E-state index is 0.0316. The second-order valence-electron chi connectivity index (χ2n) is 5.54. The number of unbranched alkanes of at least 4 members (excludes halogenated alkanes) is 5. The van der Waals surface area contributed by atoms with Crippen LogP contribution in [0.15, 0.2) is 29.0 Å². The number of hydrogen-bond acceptors (Lipinski definition) is 5. The van der Waals surface area contributed by atoms with Gasteiger partial charge >= 0.3 is 0 Å². The number of rotatable bonds is 10. The molecule has 0 aliphatic rings. The summed E-state index contributed by atoms with van der Waals surface area (Å²) in [6, 6.07) is 3.62. The largest absolute Gasteiger partial charge is 0.347 e. The summed E-state index contributed by atoms with van der Waals surface area (Å²) in [6.07, 6.45) is 10.9. The zero-order valence-corrected chi connectivity index (χ0v) is 13.6. The Morgan fingerprint density at radius 3 is 2.65 bits per heavy atom. The van der Waals surface area contributed by atoms with Crippen LogP contribution in [0, 0.1) is 0 Å². The predicted molar refractivity (Wildman–Crippen MR) is 87.4 cm³/mol. The van der Waals surface area contributed by atoms with Crippen LogP contribution in [-0.4, -0.2) is 21.0 Å². The van der Waals surface area contributed by atoms with Crippen LogP contribution in [0.4, 0.5) is 0 Å². The average Bonchev–Trinajstić information content (AvgIpc) is 3.06. The number of carbonyl (C=O) groups is 1. The van der Waals surface area contributed by atoms with E-state index in [2.05, 4.69) is 27.4 Å². The molecule has 6 nitrogen and oxygen atoms in total. The van der Waals surface area contributed by atoms with E-state index in [0.717, 1.165) is 18.4 Å². The lowest BCUT2D eigenvalue weighted by Gasteiger charge is -2.02. The first kappa shape index (κ1) is 17.1. The van der Waals surface area contributed by atoms with Crippen molar-refractivity contribution in [1.82, 2.24) is 20.4 Å². The summed E-state index contributed by atoms with van der Waals surface area (Å²) in [5.41, 5.74) is 0.841. The van der Waals surface area contributed by atoms with Crippen molar-refractivity contribution < 1.29 is 9.32 Å².